The molecule has 3 heterocycles. The van der Waals surface area contributed by atoms with Crippen molar-refractivity contribution in [3.05, 3.63) is 66.9 Å². The van der Waals surface area contributed by atoms with Crippen molar-refractivity contribution in [3.63, 3.8) is 0 Å². The van der Waals surface area contributed by atoms with Gasteiger partial charge in [0.05, 0.1) is 16.4 Å². The second-order valence-corrected chi connectivity index (χ2v) is 10.7. The molecule has 3 N–H and O–H groups in total. The highest BCUT2D eigenvalue weighted by molar-refractivity contribution is 7.90. The number of aliphatic hydroxyl groups is 2. The van der Waals surface area contributed by atoms with Crippen LogP contribution in [0.4, 0.5) is 34.8 Å². The summed E-state index contributed by atoms with van der Waals surface area (Å²) >= 11 is 0. The Labute approximate surface area is 228 Å². The first-order valence-electron chi connectivity index (χ1n) is 11.8. The van der Waals surface area contributed by atoms with E-state index in [1.165, 1.54) is 46.4 Å². The minimum atomic E-state index is -5.42. The lowest BCUT2D eigenvalue weighted by Crippen LogP contribution is -2.40. The number of anilines is 3. The van der Waals surface area contributed by atoms with Crippen molar-refractivity contribution in [1.29, 1.82) is 0 Å². The van der Waals surface area contributed by atoms with Crippen molar-refractivity contribution in [2.75, 3.05) is 4.90 Å². The molecule has 0 spiro atoms. The van der Waals surface area contributed by atoms with Crippen molar-refractivity contribution in [2.45, 2.75) is 42.5 Å². The Hall–Kier alpha value is -4.19. The van der Waals surface area contributed by atoms with E-state index < -0.39 is 57.4 Å². The van der Waals surface area contributed by atoms with Crippen LogP contribution in [0.1, 0.15) is 13.2 Å². The second-order valence-electron chi connectivity index (χ2n) is 8.98. The van der Waals surface area contributed by atoms with E-state index in [9.17, 15) is 41.0 Å². The van der Waals surface area contributed by atoms with Crippen LogP contribution in [0.5, 0.6) is 0 Å². The summed E-state index contributed by atoms with van der Waals surface area (Å²) in [6, 6.07) is 9.51. The fourth-order valence-corrected chi connectivity index (χ4v) is 5.21. The van der Waals surface area contributed by atoms with Crippen molar-refractivity contribution >= 4 is 44.2 Å². The maximum atomic E-state index is 13.8. The smallest absolute Gasteiger partial charge is 0.388 e. The van der Waals surface area contributed by atoms with E-state index in [2.05, 4.69) is 15.1 Å². The number of alkyl halides is 3. The molecule has 1 saturated heterocycles. The highest BCUT2D eigenvalue weighted by atomic mass is 32.2. The third-order valence-corrected chi connectivity index (χ3v) is 7.60. The van der Waals surface area contributed by atoms with E-state index in [1.54, 1.807) is 6.92 Å². The zero-order chi connectivity index (χ0) is 29.7. The summed E-state index contributed by atoms with van der Waals surface area (Å²) in [5.74, 6) is -3.08. The summed E-state index contributed by atoms with van der Waals surface area (Å²) in [4.78, 5) is 20.3. The van der Waals surface area contributed by atoms with Crippen molar-refractivity contribution in [3.8, 4) is 0 Å². The van der Waals surface area contributed by atoms with Crippen molar-refractivity contribution in [1.82, 2.24) is 24.5 Å². The maximum Gasteiger partial charge on any atom is 0.472 e. The van der Waals surface area contributed by atoms with Crippen LogP contribution in [0.2, 0.25) is 0 Å². The molecule has 5 rings (SSSR count). The van der Waals surface area contributed by atoms with Gasteiger partial charge < -0.3 is 14.9 Å². The highest BCUT2D eigenvalue weighted by Gasteiger charge is 2.43. The summed E-state index contributed by atoms with van der Waals surface area (Å²) in [7, 11) is -4.87. The van der Waals surface area contributed by atoms with Crippen LogP contribution in [0.3, 0.4) is 0 Å². The molecule has 0 unspecified atom stereocenters. The van der Waals surface area contributed by atoms with Gasteiger partial charge in [0.25, 0.3) is 10.0 Å². The topological polar surface area (TPSA) is 160 Å². The zero-order valence-corrected chi connectivity index (χ0v) is 21.6. The average Bonchev–Trinajstić information content (AvgIpc) is 3.42. The number of carbonyl (C=O) groups excluding carboxylic acids is 1. The first kappa shape index (κ1) is 28.3. The summed E-state index contributed by atoms with van der Waals surface area (Å²) in [5, 5.41) is 25.7. The highest BCUT2D eigenvalue weighted by Crippen LogP contribution is 2.40. The van der Waals surface area contributed by atoms with E-state index in [4.69, 9.17) is 4.74 Å². The van der Waals surface area contributed by atoms with E-state index >= 15 is 0 Å². The molecule has 0 saturated carbocycles. The third kappa shape index (κ3) is 5.31. The van der Waals surface area contributed by atoms with Gasteiger partial charge in [-0.25, -0.2) is 32.2 Å². The monoisotopic (exact) mass is 596 g/mol. The summed E-state index contributed by atoms with van der Waals surface area (Å²) < 4.78 is 84.3. The van der Waals surface area contributed by atoms with Crippen LogP contribution < -0.4 is 9.62 Å². The number of fused-ring (bicyclic) bond motifs is 1. The van der Waals surface area contributed by atoms with E-state index in [0.29, 0.717) is 11.1 Å². The largest absolute Gasteiger partial charge is 0.472 e. The van der Waals surface area contributed by atoms with Crippen LogP contribution in [0, 0.1) is 5.82 Å². The third-order valence-electron chi connectivity index (χ3n) is 6.26. The Morgan fingerprint density at radius 2 is 1.66 bits per heavy atom. The zero-order valence-electron chi connectivity index (χ0n) is 20.8. The molecule has 1 aliphatic heterocycles. The number of sulfonamides is 1. The molecule has 1 amide bonds. The van der Waals surface area contributed by atoms with Gasteiger partial charge in [0.15, 0.2) is 17.7 Å². The predicted molar refractivity (Wildman–Crippen MR) is 133 cm³/mol. The number of rotatable bonds is 6. The van der Waals surface area contributed by atoms with E-state index in [0.717, 1.165) is 29.0 Å². The fraction of sp³-hybridized carbons (Fsp3) is 0.250. The molecule has 41 heavy (non-hydrogen) atoms. The summed E-state index contributed by atoms with van der Waals surface area (Å²) in [6.45, 7) is 1.56. The van der Waals surface area contributed by atoms with Gasteiger partial charge in [0.2, 0.25) is 0 Å². The quantitative estimate of drug-likeness (QED) is 0.282. The molecule has 0 aliphatic carbocycles. The fourth-order valence-electron chi connectivity index (χ4n) is 4.24. The Morgan fingerprint density at radius 3 is 2.22 bits per heavy atom. The normalized spacial score (nSPS) is 21.2. The molecule has 17 heteroatoms. The summed E-state index contributed by atoms with van der Waals surface area (Å²) in [6.07, 6.45) is -7.26. The molecule has 4 atom stereocenters. The molecule has 2 aromatic heterocycles. The van der Waals surface area contributed by atoms with Crippen LogP contribution in [0.25, 0.3) is 11.0 Å². The number of amides is 1. The van der Waals surface area contributed by atoms with Crippen molar-refractivity contribution in [2.24, 2.45) is 0 Å². The first-order valence-corrected chi connectivity index (χ1v) is 13.3. The first-order chi connectivity index (χ1) is 19.3. The molecule has 12 nitrogen and oxygen atoms in total. The molecule has 2 aromatic carbocycles. The van der Waals surface area contributed by atoms with Gasteiger partial charge in [-0.3, -0.25) is 9.69 Å². The van der Waals surface area contributed by atoms with Crippen molar-refractivity contribution < 1.29 is 45.7 Å². The van der Waals surface area contributed by atoms with Gasteiger partial charge in [-0.05, 0) is 55.5 Å². The molecule has 0 radical (unpaired) electrons. The lowest BCUT2D eigenvalue weighted by molar-refractivity contribution is -0.171. The number of benzene rings is 2. The van der Waals surface area contributed by atoms with Crippen LogP contribution >= 0.6 is 0 Å². The van der Waals surface area contributed by atoms with Gasteiger partial charge in [-0.15, -0.1) is 5.10 Å². The van der Waals surface area contributed by atoms with E-state index in [-0.39, 0.29) is 17.2 Å². The Bertz CT molecular complexity index is 1700. The number of aliphatic hydroxyl groups excluding tert-OH is 2. The number of carbonyl (C=O) groups is 1. The Kier molecular flexibility index (Phi) is 7.14. The van der Waals surface area contributed by atoms with Crippen LogP contribution in [0.15, 0.2) is 66.0 Å². The molecule has 4 aromatic rings. The Morgan fingerprint density at radius 1 is 1.05 bits per heavy atom. The minimum absolute atomic E-state index is 0.123. The molecule has 0 bridgehead atoms. The number of hydrogen-bond donors (Lipinski definition) is 3. The molecule has 1 fully saturated rings. The van der Waals surface area contributed by atoms with Gasteiger partial charge in [-0.1, -0.05) is 0 Å². The standard InChI is InChI=1S/C24H20F4N6O6S/c1-12-18(35)19(36)22(40-12)34-20-17(10-29-11-30-20)21(31-34)33(14-4-2-13(25)3-5-14)15-6-8-16(9-7-15)41(38,39)32-23(37)24(26,27)28/h2-12,18-19,22,35-36H,1H3,(H,32,37)/t12-,18-,19-,22-/m1/s1. The van der Waals surface area contributed by atoms with Gasteiger partial charge in [-0.2, -0.15) is 13.2 Å². The lowest BCUT2D eigenvalue weighted by atomic mass is 10.1. The maximum absolute atomic E-state index is 13.8. The number of nitrogens with zero attached hydrogens (tertiary/aromatic N) is 5. The van der Waals surface area contributed by atoms with Gasteiger partial charge in [0, 0.05) is 17.6 Å². The molecule has 216 valence electrons. The van der Waals surface area contributed by atoms with Crippen LogP contribution in [-0.4, -0.2) is 68.8 Å². The lowest BCUT2D eigenvalue weighted by Gasteiger charge is -2.23. The van der Waals surface area contributed by atoms with Gasteiger partial charge in [0.1, 0.15) is 24.4 Å². The molecular formula is C24H20F4N6O6S. The number of aromatic nitrogens is 4. The minimum Gasteiger partial charge on any atom is -0.388 e. The molecular weight excluding hydrogens is 576 g/mol. The number of halogens is 4. The number of hydrogen-bond acceptors (Lipinski definition) is 10. The Balaban J connectivity index is 1.62. The molecule has 1 aliphatic rings. The average molecular weight is 597 g/mol. The number of ether oxygens (including phenoxy) is 1. The van der Waals surface area contributed by atoms with Crippen LogP contribution in [-0.2, 0) is 19.6 Å². The SMILES string of the molecule is C[C@H]1O[C@@H](n2nc(N(c3ccc(F)cc3)c3ccc(S(=O)(=O)NC(=O)C(F)(F)F)cc3)c3cncnc32)[C@H](O)[C@@H]1O. The van der Waals surface area contributed by atoms with E-state index in [1.807, 2.05) is 0 Å². The second kappa shape index (κ2) is 10.3. The van der Waals surface area contributed by atoms with Gasteiger partial charge >= 0.3 is 12.1 Å². The predicted octanol–water partition coefficient (Wildman–Crippen LogP) is 2.44. The summed E-state index contributed by atoms with van der Waals surface area (Å²) in [5.41, 5.74) is 0.736. The number of nitrogens with one attached hydrogen (secondary N) is 1.